The lowest BCUT2D eigenvalue weighted by Crippen LogP contribution is -2.51. The van der Waals surface area contributed by atoms with Crippen LogP contribution in [-0.4, -0.2) is 36.0 Å². The average molecular weight is 261 g/mol. The van der Waals surface area contributed by atoms with Gasteiger partial charge in [0.05, 0.1) is 12.6 Å². The maximum atomic E-state index is 12.1. The van der Waals surface area contributed by atoms with Gasteiger partial charge in [0, 0.05) is 12.6 Å². The van der Waals surface area contributed by atoms with Crippen molar-refractivity contribution >= 4 is 5.91 Å². The Morgan fingerprint density at radius 3 is 2.74 bits per heavy atom. The van der Waals surface area contributed by atoms with Crippen molar-refractivity contribution in [2.75, 3.05) is 13.1 Å². The molecule has 0 aromatic heterocycles. The summed E-state index contributed by atoms with van der Waals surface area (Å²) in [7, 11) is 0. The number of carbonyl (C=O) groups excluding carboxylic acids is 1. The number of hydrogen-bond donors (Lipinski definition) is 1. The van der Waals surface area contributed by atoms with Crippen LogP contribution in [0.3, 0.4) is 0 Å². The molecule has 2 aliphatic carbocycles. The summed E-state index contributed by atoms with van der Waals surface area (Å²) in [6, 6.07) is 2.58. The van der Waals surface area contributed by atoms with E-state index in [0.717, 1.165) is 19.4 Å². The Kier molecular flexibility index (Phi) is 3.49. The molecule has 19 heavy (non-hydrogen) atoms. The molecule has 1 saturated heterocycles. The average Bonchev–Trinajstić information content (AvgIpc) is 3.02. The van der Waals surface area contributed by atoms with E-state index in [0.29, 0.717) is 18.0 Å². The number of nitrogens with zero attached hydrogens (tertiary/aromatic N) is 2. The predicted octanol–water partition coefficient (Wildman–Crippen LogP) is 1.81. The molecule has 0 aromatic rings. The molecule has 0 aromatic carbocycles. The Balaban J connectivity index is 1.41. The van der Waals surface area contributed by atoms with Crippen LogP contribution in [-0.2, 0) is 4.79 Å². The van der Waals surface area contributed by atoms with Crippen LogP contribution in [0.4, 0.5) is 0 Å². The highest BCUT2D eigenvalue weighted by Gasteiger charge is 2.45. The Morgan fingerprint density at radius 2 is 2.05 bits per heavy atom. The summed E-state index contributed by atoms with van der Waals surface area (Å²) in [4.78, 5) is 13.8. The van der Waals surface area contributed by atoms with Gasteiger partial charge in [0.25, 0.3) is 0 Å². The van der Waals surface area contributed by atoms with Crippen molar-refractivity contribution in [3.8, 4) is 6.07 Å². The highest BCUT2D eigenvalue weighted by Crippen LogP contribution is 2.53. The summed E-state index contributed by atoms with van der Waals surface area (Å²) in [5, 5.41) is 12.4. The number of nitriles is 1. The van der Waals surface area contributed by atoms with E-state index in [9.17, 15) is 4.79 Å². The van der Waals surface area contributed by atoms with Crippen molar-refractivity contribution in [1.82, 2.24) is 10.2 Å². The predicted molar refractivity (Wildman–Crippen MR) is 72.3 cm³/mol. The zero-order chi connectivity index (χ0) is 13.3. The van der Waals surface area contributed by atoms with Crippen molar-refractivity contribution in [3.63, 3.8) is 0 Å². The van der Waals surface area contributed by atoms with Gasteiger partial charge in [0.15, 0.2) is 0 Å². The molecule has 1 aliphatic heterocycles. The zero-order valence-corrected chi connectivity index (χ0v) is 11.5. The fourth-order valence-corrected chi connectivity index (χ4v) is 4.20. The Morgan fingerprint density at radius 1 is 1.32 bits per heavy atom. The van der Waals surface area contributed by atoms with E-state index in [4.69, 9.17) is 5.26 Å². The summed E-state index contributed by atoms with van der Waals surface area (Å²) < 4.78 is 0. The summed E-state index contributed by atoms with van der Waals surface area (Å²) in [6.07, 6.45) is 9.88. The van der Waals surface area contributed by atoms with E-state index in [1.54, 1.807) is 4.90 Å². The first-order valence-electron chi connectivity index (χ1n) is 7.65. The van der Waals surface area contributed by atoms with Crippen LogP contribution in [0.25, 0.3) is 0 Å². The van der Waals surface area contributed by atoms with Gasteiger partial charge in [-0.25, -0.2) is 0 Å². The van der Waals surface area contributed by atoms with E-state index >= 15 is 0 Å². The van der Waals surface area contributed by atoms with Gasteiger partial charge in [0.1, 0.15) is 6.04 Å². The number of carbonyl (C=O) groups is 1. The molecule has 1 atom stereocenters. The first-order valence-corrected chi connectivity index (χ1v) is 7.65. The molecule has 4 nitrogen and oxygen atoms in total. The zero-order valence-electron chi connectivity index (χ0n) is 11.5. The van der Waals surface area contributed by atoms with E-state index in [1.165, 1.54) is 38.5 Å². The van der Waals surface area contributed by atoms with E-state index in [2.05, 4.69) is 11.4 Å². The monoisotopic (exact) mass is 261 g/mol. The molecular weight excluding hydrogens is 238 g/mol. The van der Waals surface area contributed by atoms with Crippen LogP contribution in [0.5, 0.6) is 0 Å². The van der Waals surface area contributed by atoms with Crippen LogP contribution in [0.15, 0.2) is 0 Å². The Bertz CT molecular complexity index is 387. The molecule has 0 bridgehead atoms. The number of likely N-dealkylation sites (tertiary alicyclic amines) is 1. The van der Waals surface area contributed by atoms with Gasteiger partial charge < -0.3 is 10.2 Å². The standard InChI is InChI=1S/C15H23N3O/c16-10-13-4-3-7-18(13)14(19)11-17-12-8-15(9-12)5-1-2-6-15/h12-13,17H,1-9,11H2/t13-/m0/s1. The molecule has 4 heteroatoms. The Labute approximate surface area is 115 Å². The van der Waals surface area contributed by atoms with Gasteiger partial charge in [-0.3, -0.25) is 4.79 Å². The summed E-state index contributed by atoms with van der Waals surface area (Å²) in [5.74, 6) is 0.108. The van der Waals surface area contributed by atoms with Gasteiger partial charge in [-0.05, 0) is 43.9 Å². The normalized spacial score (nSPS) is 29.4. The van der Waals surface area contributed by atoms with Gasteiger partial charge in [-0.2, -0.15) is 5.26 Å². The third-order valence-corrected chi connectivity index (χ3v) is 5.29. The largest absolute Gasteiger partial charge is 0.326 e. The van der Waals surface area contributed by atoms with Crippen molar-refractivity contribution in [2.45, 2.75) is 63.5 Å². The molecule has 3 fully saturated rings. The lowest BCUT2D eigenvalue weighted by molar-refractivity contribution is -0.130. The molecule has 1 heterocycles. The second-order valence-corrected chi connectivity index (χ2v) is 6.57. The molecule has 2 saturated carbocycles. The minimum atomic E-state index is -0.183. The molecule has 104 valence electrons. The van der Waals surface area contributed by atoms with E-state index in [-0.39, 0.29) is 11.9 Å². The number of hydrogen-bond acceptors (Lipinski definition) is 3. The summed E-state index contributed by atoms with van der Waals surface area (Å²) in [5.41, 5.74) is 0.629. The summed E-state index contributed by atoms with van der Waals surface area (Å²) >= 11 is 0. The Hall–Kier alpha value is -1.08. The lowest BCUT2D eigenvalue weighted by Gasteiger charge is -2.46. The SMILES string of the molecule is N#C[C@@H]1CCCN1C(=O)CNC1CC2(CCCC2)C1. The minimum Gasteiger partial charge on any atom is -0.326 e. The van der Waals surface area contributed by atoms with E-state index < -0.39 is 0 Å². The van der Waals surface area contributed by atoms with Crippen molar-refractivity contribution < 1.29 is 4.79 Å². The van der Waals surface area contributed by atoms with Gasteiger partial charge >= 0.3 is 0 Å². The minimum absolute atomic E-state index is 0.108. The quantitative estimate of drug-likeness (QED) is 0.843. The third kappa shape index (κ3) is 2.49. The topological polar surface area (TPSA) is 56.1 Å². The van der Waals surface area contributed by atoms with Gasteiger partial charge in [-0.15, -0.1) is 0 Å². The smallest absolute Gasteiger partial charge is 0.237 e. The first-order chi connectivity index (χ1) is 9.22. The maximum Gasteiger partial charge on any atom is 0.237 e. The van der Waals surface area contributed by atoms with Crippen LogP contribution in [0, 0.1) is 16.7 Å². The second-order valence-electron chi connectivity index (χ2n) is 6.57. The number of nitrogens with one attached hydrogen (secondary N) is 1. The molecule has 0 radical (unpaired) electrons. The summed E-state index contributed by atoms with van der Waals surface area (Å²) in [6.45, 7) is 1.17. The van der Waals surface area contributed by atoms with Gasteiger partial charge in [-0.1, -0.05) is 12.8 Å². The molecule has 0 unspecified atom stereocenters. The first kappa shape index (κ1) is 12.9. The molecule has 1 amide bonds. The fourth-order valence-electron chi connectivity index (χ4n) is 4.20. The van der Waals surface area contributed by atoms with Crippen LogP contribution < -0.4 is 5.32 Å². The highest BCUT2D eigenvalue weighted by molar-refractivity contribution is 5.79. The fraction of sp³-hybridized carbons (Fsp3) is 0.867. The molecule has 1 spiro atoms. The molecular formula is C15H23N3O. The molecule has 3 rings (SSSR count). The van der Waals surface area contributed by atoms with Crippen molar-refractivity contribution in [1.29, 1.82) is 5.26 Å². The second kappa shape index (κ2) is 5.13. The highest BCUT2D eigenvalue weighted by atomic mass is 16.2. The third-order valence-electron chi connectivity index (χ3n) is 5.29. The molecule has 3 aliphatic rings. The van der Waals surface area contributed by atoms with Crippen LogP contribution in [0.2, 0.25) is 0 Å². The van der Waals surface area contributed by atoms with E-state index in [1.807, 2.05) is 0 Å². The maximum absolute atomic E-state index is 12.1. The lowest BCUT2D eigenvalue weighted by atomic mass is 9.64. The number of rotatable bonds is 3. The van der Waals surface area contributed by atoms with Crippen molar-refractivity contribution in [2.24, 2.45) is 5.41 Å². The van der Waals surface area contributed by atoms with Crippen LogP contribution in [0.1, 0.15) is 51.4 Å². The number of amides is 1. The van der Waals surface area contributed by atoms with Gasteiger partial charge in [0.2, 0.25) is 5.91 Å². The molecule has 1 N–H and O–H groups in total. The van der Waals surface area contributed by atoms with Crippen molar-refractivity contribution in [3.05, 3.63) is 0 Å². The van der Waals surface area contributed by atoms with Crippen LogP contribution >= 0.6 is 0 Å².